The molecule has 1 atom stereocenters. The van der Waals surface area contributed by atoms with Crippen LogP contribution in [0.4, 0.5) is 0 Å². The molecule has 3 aromatic rings. The Bertz CT molecular complexity index is 859. The number of aromatic nitrogens is 2. The van der Waals surface area contributed by atoms with E-state index in [1.54, 1.807) is 0 Å². The van der Waals surface area contributed by atoms with Gasteiger partial charge in [0, 0.05) is 31.0 Å². The predicted molar refractivity (Wildman–Crippen MR) is 96.5 cm³/mol. The van der Waals surface area contributed by atoms with Crippen molar-refractivity contribution in [1.29, 1.82) is 0 Å². The van der Waals surface area contributed by atoms with Crippen LogP contribution in [-0.2, 0) is 12.8 Å². The Kier molecular flexibility index (Phi) is 5.40. The molecule has 1 unspecified atom stereocenters. The van der Waals surface area contributed by atoms with E-state index in [0.29, 0.717) is 36.7 Å². The molecule has 1 aromatic heterocycles. The summed E-state index contributed by atoms with van der Waals surface area (Å²) in [4.78, 5) is 16.6. The average molecular weight is 338 g/mol. The molecule has 130 valence electrons. The van der Waals surface area contributed by atoms with Crippen LogP contribution in [0.5, 0.6) is 0 Å². The second kappa shape index (κ2) is 7.90. The van der Waals surface area contributed by atoms with Gasteiger partial charge in [0.15, 0.2) is 5.82 Å². The third-order valence-corrected chi connectivity index (χ3v) is 4.13. The van der Waals surface area contributed by atoms with Crippen molar-refractivity contribution in [3.63, 3.8) is 0 Å². The fourth-order valence-electron chi connectivity index (χ4n) is 2.57. The number of benzene rings is 2. The van der Waals surface area contributed by atoms with Crippen molar-refractivity contribution < 1.29 is 9.32 Å². The van der Waals surface area contributed by atoms with Crippen molar-refractivity contribution in [3.8, 4) is 0 Å². The van der Waals surface area contributed by atoms with E-state index in [4.69, 9.17) is 4.52 Å². The SMILES string of the molecule is CNC(C)Cc1noc(CCNC(=O)c2ccc3ccccc3c2)n1. The molecule has 0 aliphatic rings. The number of rotatable bonds is 7. The number of nitrogens with zero attached hydrogens (tertiary/aromatic N) is 2. The molecular formula is C19H22N4O2. The summed E-state index contributed by atoms with van der Waals surface area (Å²) >= 11 is 0. The van der Waals surface area contributed by atoms with Crippen molar-refractivity contribution in [2.45, 2.75) is 25.8 Å². The van der Waals surface area contributed by atoms with Gasteiger partial charge in [0.2, 0.25) is 5.89 Å². The molecule has 0 saturated heterocycles. The van der Waals surface area contributed by atoms with Crippen LogP contribution >= 0.6 is 0 Å². The Morgan fingerprint density at radius 1 is 1.20 bits per heavy atom. The molecule has 1 heterocycles. The predicted octanol–water partition coefficient (Wildman–Crippen LogP) is 2.35. The lowest BCUT2D eigenvalue weighted by Gasteiger charge is -2.05. The van der Waals surface area contributed by atoms with Crippen LogP contribution in [0.2, 0.25) is 0 Å². The Hall–Kier alpha value is -2.73. The minimum absolute atomic E-state index is 0.103. The van der Waals surface area contributed by atoms with Gasteiger partial charge < -0.3 is 15.2 Å². The zero-order valence-corrected chi connectivity index (χ0v) is 14.5. The first kappa shape index (κ1) is 17.1. The Balaban J connectivity index is 1.53. The minimum atomic E-state index is -0.103. The molecular weight excluding hydrogens is 316 g/mol. The van der Waals surface area contributed by atoms with Crippen LogP contribution in [0.25, 0.3) is 10.8 Å². The molecule has 2 N–H and O–H groups in total. The van der Waals surface area contributed by atoms with E-state index in [9.17, 15) is 4.79 Å². The molecule has 0 radical (unpaired) electrons. The number of carbonyl (C=O) groups is 1. The molecule has 0 fully saturated rings. The van der Waals surface area contributed by atoms with Gasteiger partial charge in [-0.25, -0.2) is 0 Å². The van der Waals surface area contributed by atoms with Crippen LogP contribution in [0.15, 0.2) is 47.0 Å². The first-order valence-electron chi connectivity index (χ1n) is 8.41. The van der Waals surface area contributed by atoms with E-state index in [1.807, 2.05) is 49.5 Å². The Morgan fingerprint density at radius 2 is 2.00 bits per heavy atom. The van der Waals surface area contributed by atoms with Crippen LogP contribution in [0.3, 0.4) is 0 Å². The second-order valence-electron chi connectivity index (χ2n) is 6.07. The molecule has 3 rings (SSSR count). The second-order valence-corrected chi connectivity index (χ2v) is 6.07. The number of amides is 1. The summed E-state index contributed by atoms with van der Waals surface area (Å²) in [6.45, 7) is 2.51. The van der Waals surface area contributed by atoms with E-state index >= 15 is 0 Å². The van der Waals surface area contributed by atoms with E-state index in [-0.39, 0.29) is 11.9 Å². The summed E-state index contributed by atoms with van der Waals surface area (Å²) in [7, 11) is 1.90. The standard InChI is InChI=1S/C19H22N4O2/c1-13(20-2)11-17-22-18(25-23-17)9-10-21-19(24)16-8-7-14-5-3-4-6-15(14)12-16/h3-8,12-13,20H,9-11H2,1-2H3,(H,21,24). The van der Waals surface area contributed by atoms with Gasteiger partial charge in [0.1, 0.15) is 0 Å². The minimum Gasteiger partial charge on any atom is -0.352 e. The van der Waals surface area contributed by atoms with Crippen LogP contribution in [0.1, 0.15) is 29.0 Å². The largest absolute Gasteiger partial charge is 0.352 e. The van der Waals surface area contributed by atoms with Gasteiger partial charge in [0.05, 0.1) is 0 Å². The number of hydrogen-bond acceptors (Lipinski definition) is 5. The van der Waals surface area contributed by atoms with E-state index in [0.717, 1.165) is 10.8 Å². The van der Waals surface area contributed by atoms with Gasteiger partial charge in [-0.2, -0.15) is 4.98 Å². The summed E-state index contributed by atoms with van der Waals surface area (Å²) in [6, 6.07) is 14.0. The van der Waals surface area contributed by atoms with Crippen molar-refractivity contribution in [1.82, 2.24) is 20.8 Å². The first-order chi connectivity index (χ1) is 12.2. The van der Waals surface area contributed by atoms with Crippen molar-refractivity contribution in [2.75, 3.05) is 13.6 Å². The third-order valence-electron chi connectivity index (χ3n) is 4.13. The first-order valence-corrected chi connectivity index (χ1v) is 8.41. The van der Waals surface area contributed by atoms with E-state index < -0.39 is 0 Å². The third kappa shape index (κ3) is 4.42. The number of fused-ring (bicyclic) bond motifs is 1. The van der Waals surface area contributed by atoms with Crippen LogP contribution in [0, 0.1) is 0 Å². The molecule has 0 saturated carbocycles. The lowest BCUT2D eigenvalue weighted by atomic mass is 10.1. The monoisotopic (exact) mass is 338 g/mol. The van der Waals surface area contributed by atoms with Gasteiger partial charge >= 0.3 is 0 Å². The lowest BCUT2D eigenvalue weighted by Crippen LogP contribution is -2.25. The summed E-state index contributed by atoms with van der Waals surface area (Å²) in [5, 5.41) is 12.2. The zero-order valence-electron chi connectivity index (χ0n) is 14.5. The van der Waals surface area contributed by atoms with E-state index in [2.05, 4.69) is 27.7 Å². The molecule has 6 nitrogen and oxygen atoms in total. The average Bonchev–Trinajstić information content (AvgIpc) is 3.08. The summed E-state index contributed by atoms with van der Waals surface area (Å²) < 4.78 is 5.22. The summed E-state index contributed by atoms with van der Waals surface area (Å²) in [6.07, 6.45) is 1.23. The van der Waals surface area contributed by atoms with Gasteiger partial charge in [-0.15, -0.1) is 0 Å². The molecule has 0 aliphatic carbocycles. The molecule has 1 amide bonds. The van der Waals surface area contributed by atoms with Gasteiger partial charge in [-0.3, -0.25) is 4.79 Å². The highest BCUT2D eigenvalue weighted by atomic mass is 16.5. The molecule has 6 heteroatoms. The molecule has 25 heavy (non-hydrogen) atoms. The maximum absolute atomic E-state index is 12.3. The topological polar surface area (TPSA) is 80.0 Å². The molecule has 0 aliphatic heterocycles. The molecule has 0 bridgehead atoms. The highest BCUT2D eigenvalue weighted by Gasteiger charge is 2.10. The summed E-state index contributed by atoms with van der Waals surface area (Å²) in [5.74, 6) is 1.11. The number of hydrogen-bond donors (Lipinski definition) is 2. The number of likely N-dealkylation sites (N-methyl/N-ethyl adjacent to an activating group) is 1. The van der Waals surface area contributed by atoms with Crippen LogP contribution in [-0.4, -0.2) is 35.7 Å². The van der Waals surface area contributed by atoms with Gasteiger partial charge in [-0.05, 0) is 36.9 Å². The van der Waals surface area contributed by atoms with Gasteiger partial charge in [0.25, 0.3) is 5.91 Å². The maximum atomic E-state index is 12.3. The maximum Gasteiger partial charge on any atom is 0.251 e. The fraction of sp³-hybridized carbons (Fsp3) is 0.316. The Labute approximate surface area is 146 Å². The Morgan fingerprint density at radius 3 is 2.80 bits per heavy atom. The fourth-order valence-corrected chi connectivity index (χ4v) is 2.57. The number of nitrogens with one attached hydrogen (secondary N) is 2. The quantitative estimate of drug-likeness (QED) is 0.691. The normalized spacial score (nSPS) is 12.2. The van der Waals surface area contributed by atoms with Crippen LogP contribution < -0.4 is 10.6 Å². The van der Waals surface area contributed by atoms with Crippen molar-refractivity contribution in [2.24, 2.45) is 0 Å². The molecule has 0 spiro atoms. The highest BCUT2D eigenvalue weighted by molar-refractivity contribution is 5.98. The molecule has 2 aromatic carbocycles. The lowest BCUT2D eigenvalue weighted by molar-refractivity contribution is 0.0953. The number of carbonyl (C=O) groups excluding carboxylic acids is 1. The van der Waals surface area contributed by atoms with Crippen molar-refractivity contribution >= 4 is 16.7 Å². The van der Waals surface area contributed by atoms with E-state index in [1.165, 1.54) is 0 Å². The zero-order chi connectivity index (χ0) is 17.6. The smallest absolute Gasteiger partial charge is 0.251 e. The van der Waals surface area contributed by atoms with Crippen molar-refractivity contribution in [3.05, 3.63) is 59.7 Å². The highest BCUT2D eigenvalue weighted by Crippen LogP contribution is 2.15. The van der Waals surface area contributed by atoms with Gasteiger partial charge in [-0.1, -0.05) is 35.5 Å². The summed E-state index contributed by atoms with van der Waals surface area (Å²) in [5.41, 5.74) is 0.646.